The SMILES string of the molecule is Cc1ccc(C)c(NC(=O)N(C)Cc2cccc(F)c2)c1. The Kier molecular flexibility index (Phi) is 4.58. The van der Waals surface area contributed by atoms with Crippen LogP contribution in [0, 0.1) is 19.7 Å². The van der Waals surface area contributed by atoms with Crippen molar-refractivity contribution in [1.82, 2.24) is 4.90 Å². The van der Waals surface area contributed by atoms with Gasteiger partial charge in [0.15, 0.2) is 0 Å². The fourth-order valence-corrected chi connectivity index (χ4v) is 2.06. The second kappa shape index (κ2) is 6.39. The van der Waals surface area contributed by atoms with Gasteiger partial charge in [-0.15, -0.1) is 0 Å². The molecule has 2 amide bonds. The normalized spacial score (nSPS) is 10.3. The molecule has 0 bridgehead atoms. The summed E-state index contributed by atoms with van der Waals surface area (Å²) in [5, 5.41) is 2.88. The molecule has 0 unspecified atom stereocenters. The highest BCUT2D eigenvalue weighted by Gasteiger charge is 2.11. The van der Waals surface area contributed by atoms with E-state index in [-0.39, 0.29) is 11.8 Å². The summed E-state index contributed by atoms with van der Waals surface area (Å²) in [7, 11) is 1.69. The van der Waals surface area contributed by atoms with Crippen molar-refractivity contribution in [2.24, 2.45) is 0 Å². The summed E-state index contributed by atoms with van der Waals surface area (Å²) in [4.78, 5) is 13.7. The van der Waals surface area contributed by atoms with E-state index >= 15 is 0 Å². The molecule has 0 aliphatic heterocycles. The van der Waals surface area contributed by atoms with Gasteiger partial charge in [-0.05, 0) is 48.7 Å². The van der Waals surface area contributed by atoms with E-state index in [9.17, 15) is 9.18 Å². The van der Waals surface area contributed by atoms with Crippen LogP contribution in [0.15, 0.2) is 42.5 Å². The van der Waals surface area contributed by atoms with E-state index in [1.54, 1.807) is 19.2 Å². The molecule has 0 heterocycles. The average Bonchev–Trinajstić information content (AvgIpc) is 2.43. The third kappa shape index (κ3) is 4.05. The molecule has 0 fully saturated rings. The summed E-state index contributed by atoms with van der Waals surface area (Å²) in [6, 6.07) is 11.9. The van der Waals surface area contributed by atoms with Crippen molar-refractivity contribution in [3.8, 4) is 0 Å². The number of benzene rings is 2. The van der Waals surface area contributed by atoms with Gasteiger partial charge in [0.2, 0.25) is 0 Å². The number of hydrogen-bond acceptors (Lipinski definition) is 1. The first-order chi connectivity index (χ1) is 9.95. The zero-order valence-corrected chi connectivity index (χ0v) is 12.5. The third-order valence-corrected chi connectivity index (χ3v) is 3.29. The van der Waals surface area contributed by atoms with Crippen molar-refractivity contribution < 1.29 is 9.18 Å². The van der Waals surface area contributed by atoms with Crippen molar-refractivity contribution in [3.05, 3.63) is 65.0 Å². The molecule has 0 atom stereocenters. The van der Waals surface area contributed by atoms with Crippen molar-refractivity contribution in [1.29, 1.82) is 0 Å². The highest BCUT2D eigenvalue weighted by Crippen LogP contribution is 2.17. The molecule has 0 radical (unpaired) electrons. The molecule has 0 aromatic heterocycles. The van der Waals surface area contributed by atoms with Crippen LogP contribution in [-0.4, -0.2) is 18.0 Å². The molecule has 21 heavy (non-hydrogen) atoms. The molecule has 2 rings (SSSR count). The maximum Gasteiger partial charge on any atom is 0.321 e. The topological polar surface area (TPSA) is 32.3 Å². The van der Waals surface area contributed by atoms with Crippen LogP contribution in [0.5, 0.6) is 0 Å². The molecule has 0 aliphatic rings. The van der Waals surface area contributed by atoms with Crippen LogP contribution in [0.2, 0.25) is 0 Å². The van der Waals surface area contributed by atoms with Gasteiger partial charge >= 0.3 is 6.03 Å². The summed E-state index contributed by atoms with van der Waals surface area (Å²) in [5.41, 5.74) is 3.65. The van der Waals surface area contributed by atoms with Crippen LogP contribution in [0.25, 0.3) is 0 Å². The third-order valence-electron chi connectivity index (χ3n) is 3.29. The van der Waals surface area contributed by atoms with Crippen molar-refractivity contribution in [2.45, 2.75) is 20.4 Å². The highest BCUT2D eigenvalue weighted by molar-refractivity contribution is 5.90. The van der Waals surface area contributed by atoms with Crippen LogP contribution in [0.1, 0.15) is 16.7 Å². The first kappa shape index (κ1) is 15.0. The van der Waals surface area contributed by atoms with E-state index in [4.69, 9.17) is 0 Å². The number of carbonyl (C=O) groups excluding carboxylic acids is 1. The van der Waals surface area contributed by atoms with Gasteiger partial charge in [0.25, 0.3) is 0 Å². The molecule has 4 heteroatoms. The van der Waals surface area contributed by atoms with Gasteiger partial charge in [-0.25, -0.2) is 9.18 Å². The molecule has 0 aliphatic carbocycles. The summed E-state index contributed by atoms with van der Waals surface area (Å²) >= 11 is 0. The Morgan fingerprint density at radius 2 is 1.95 bits per heavy atom. The molecule has 1 N–H and O–H groups in total. The molecule has 2 aromatic carbocycles. The number of amides is 2. The van der Waals surface area contributed by atoms with E-state index < -0.39 is 0 Å². The fraction of sp³-hybridized carbons (Fsp3) is 0.235. The number of urea groups is 1. The van der Waals surface area contributed by atoms with E-state index in [1.165, 1.54) is 17.0 Å². The molecule has 0 saturated carbocycles. The number of nitrogens with one attached hydrogen (secondary N) is 1. The largest absolute Gasteiger partial charge is 0.323 e. The van der Waals surface area contributed by atoms with Gasteiger partial charge in [-0.1, -0.05) is 24.3 Å². The Balaban J connectivity index is 2.04. The zero-order chi connectivity index (χ0) is 15.4. The fourth-order valence-electron chi connectivity index (χ4n) is 2.06. The molecular formula is C17H19FN2O. The quantitative estimate of drug-likeness (QED) is 0.905. The number of nitrogens with zero attached hydrogens (tertiary/aromatic N) is 1. The number of hydrogen-bond donors (Lipinski definition) is 1. The van der Waals surface area contributed by atoms with Crippen LogP contribution in [0.3, 0.4) is 0 Å². The molecular weight excluding hydrogens is 267 g/mol. The number of anilines is 1. The van der Waals surface area contributed by atoms with Gasteiger partial charge < -0.3 is 10.2 Å². The lowest BCUT2D eigenvalue weighted by atomic mass is 10.1. The maximum absolute atomic E-state index is 13.1. The van der Waals surface area contributed by atoms with E-state index in [0.29, 0.717) is 6.54 Å². The van der Waals surface area contributed by atoms with Crippen molar-refractivity contribution >= 4 is 11.7 Å². The molecule has 2 aromatic rings. The lowest BCUT2D eigenvalue weighted by molar-refractivity contribution is 0.220. The first-order valence-electron chi connectivity index (χ1n) is 6.79. The van der Waals surface area contributed by atoms with Crippen LogP contribution in [-0.2, 0) is 6.54 Å². The van der Waals surface area contributed by atoms with Gasteiger partial charge in [-0.2, -0.15) is 0 Å². The van der Waals surface area contributed by atoms with Crippen LogP contribution in [0.4, 0.5) is 14.9 Å². The minimum absolute atomic E-state index is 0.215. The average molecular weight is 286 g/mol. The second-order valence-corrected chi connectivity index (χ2v) is 5.23. The minimum Gasteiger partial charge on any atom is -0.323 e. The Labute approximate surface area is 124 Å². The molecule has 0 spiro atoms. The van der Waals surface area contributed by atoms with Gasteiger partial charge in [0.05, 0.1) is 0 Å². The summed E-state index contributed by atoms with van der Waals surface area (Å²) < 4.78 is 13.1. The van der Waals surface area contributed by atoms with E-state index in [2.05, 4.69) is 5.32 Å². The monoisotopic (exact) mass is 286 g/mol. The summed E-state index contributed by atoms with van der Waals surface area (Å²) in [5.74, 6) is -0.296. The van der Waals surface area contributed by atoms with Crippen molar-refractivity contribution in [2.75, 3.05) is 12.4 Å². The molecule has 3 nitrogen and oxygen atoms in total. The Morgan fingerprint density at radius 1 is 1.19 bits per heavy atom. The summed E-state index contributed by atoms with van der Waals surface area (Å²) in [6.07, 6.45) is 0. The Bertz CT molecular complexity index is 655. The lowest BCUT2D eigenvalue weighted by Crippen LogP contribution is -2.31. The Hall–Kier alpha value is -2.36. The summed E-state index contributed by atoms with van der Waals surface area (Å²) in [6.45, 7) is 4.28. The maximum atomic E-state index is 13.1. The number of halogens is 1. The minimum atomic E-state index is -0.296. The lowest BCUT2D eigenvalue weighted by Gasteiger charge is -2.19. The van der Waals surface area contributed by atoms with E-state index in [0.717, 1.165) is 22.4 Å². The van der Waals surface area contributed by atoms with E-state index in [1.807, 2.05) is 32.0 Å². The molecule has 0 saturated heterocycles. The zero-order valence-electron chi connectivity index (χ0n) is 12.5. The molecule has 110 valence electrons. The van der Waals surface area contributed by atoms with Crippen LogP contribution >= 0.6 is 0 Å². The highest BCUT2D eigenvalue weighted by atomic mass is 19.1. The van der Waals surface area contributed by atoms with Crippen LogP contribution < -0.4 is 5.32 Å². The standard InChI is InChI=1S/C17H19FN2O/c1-12-7-8-13(2)16(9-12)19-17(21)20(3)11-14-5-4-6-15(18)10-14/h4-10H,11H2,1-3H3,(H,19,21). The van der Waals surface area contributed by atoms with Gasteiger partial charge in [0, 0.05) is 19.3 Å². The predicted octanol–water partition coefficient (Wildman–Crippen LogP) is 4.11. The number of rotatable bonds is 3. The first-order valence-corrected chi connectivity index (χ1v) is 6.79. The van der Waals surface area contributed by atoms with Gasteiger partial charge in [-0.3, -0.25) is 0 Å². The number of carbonyl (C=O) groups is 1. The number of aryl methyl sites for hydroxylation is 2. The van der Waals surface area contributed by atoms with Crippen molar-refractivity contribution in [3.63, 3.8) is 0 Å². The second-order valence-electron chi connectivity index (χ2n) is 5.23. The smallest absolute Gasteiger partial charge is 0.321 e. The Morgan fingerprint density at radius 3 is 2.67 bits per heavy atom. The van der Waals surface area contributed by atoms with Gasteiger partial charge in [0.1, 0.15) is 5.82 Å². The predicted molar refractivity (Wildman–Crippen MR) is 82.8 cm³/mol.